The largest absolute Gasteiger partial charge is 0.255 e. The monoisotopic (exact) mass is 770 g/mol. The third-order valence-corrected chi connectivity index (χ3v) is 12.7. The Hall–Kier alpha value is -6.88. The first-order valence-electron chi connectivity index (χ1n) is 18.6. The Morgan fingerprint density at radius 1 is 0.386 bits per heavy atom. The average molecular weight is 771 g/mol. The van der Waals surface area contributed by atoms with Crippen molar-refractivity contribution in [3.8, 4) is 77.8 Å². The number of pyridine rings is 6. The van der Waals surface area contributed by atoms with Gasteiger partial charge in [-0.3, -0.25) is 19.9 Å². The third-order valence-electron chi connectivity index (χ3n) is 10.5. The molecule has 57 heavy (non-hydrogen) atoms. The van der Waals surface area contributed by atoms with Crippen molar-refractivity contribution in [2.24, 2.45) is 0 Å². The molecule has 10 aromatic rings. The van der Waals surface area contributed by atoms with Gasteiger partial charge in [-0.1, -0.05) is 38.1 Å². The number of hydrogen-bond donors (Lipinski definition) is 0. The van der Waals surface area contributed by atoms with Crippen LogP contribution < -0.4 is 0 Å². The molecule has 0 saturated carbocycles. The van der Waals surface area contributed by atoms with E-state index in [1.165, 1.54) is 22.3 Å². The number of thiazole rings is 2. The van der Waals surface area contributed by atoms with E-state index in [9.17, 15) is 0 Å². The van der Waals surface area contributed by atoms with E-state index in [0.717, 1.165) is 87.1 Å². The molecular formula is C47H30N8S2. The van der Waals surface area contributed by atoms with Crippen LogP contribution >= 0.6 is 22.7 Å². The minimum Gasteiger partial charge on any atom is -0.255 e. The molecule has 0 fully saturated rings. The summed E-state index contributed by atoms with van der Waals surface area (Å²) in [6.45, 7) is 4.64. The van der Waals surface area contributed by atoms with E-state index in [1.807, 2.05) is 72.8 Å². The zero-order chi connectivity index (χ0) is 38.1. The van der Waals surface area contributed by atoms with Gasteiger partial charge in [0.25, 0.3) is 0 Å². The summed E-state index contributed by atoms with van der Waals surface area (Å²) < 4.78 is 2.29. The molecule has 8 heterocycles. The van der Waals surface area contributed by atoms with Gasteiger partial charge in [-0.05, 0) is 119 Å². The Balaban J connectivity index is 1.01. The molecule has 270 valence electrons. The molecule has 0 saturated heterocycles. The van der Waals surface area contributed by atoms with E-state index < -0.39 is 0 Å². The Kier molecular flexibility index (Phi) is 7.70. The van der Waals surface area contributed by atoms with Crippen molar-refractivity contribution in [3.05, 3.63) is 157 Å². The van der Waals surface area contributed by atoms with E-state index in [4.69, 9.17) is 19.9 Å². The fourth-order valence-electron chi connectivity index (χ4n) is 7.71. The Bertz CT molecular complexity index is 2820. The van der Waals surface area contributed by atoms with Crippen LogP contribution in [-0.4, -0.2) is 39.9 Å². The van der Waals surface area contributed by atoms with Crippen molar-refractivity contribution in [2.45, 2.75) is 19.3 Å². The highest BCUT2D eigenvalue weighted by Gasteiger charge is 2.37. The zero-order valence-corrected chi connectivity index (χ0v) is 32.4. The molecule has 0 aliphatic heterocycles. The van der Waals surface area contributed by atoms with Crippen molar-refractivity contribution in [1.29, 1.82) is 0 Å². The highest BCUT2D eigenvalue weighted by Crippen LogP contribution is 2.52. The lowest BCUT2D eigenvalue weighted by molar-refractivity contribution is 0.662. The normalized spacial score (nSPS) is 12.9. The van der Waals surface area contributed by atoms with Crippen LogP contribution in [-0.2, 0) is 5.41 Å². The highest BCUT2D eigenvalue weighted by molar-refractivity contribution is 7.22. The summed E-state index contributed by atoms with van der Waals surface area (Å²) in [4.78, 5) is 38.8. The van der Waals surface area contributed by atoms with Gasteiger partial charge in [0, 0.05) is 41.3 Å². The Morgan fingerprint density at radius 2 is 0.737 bits per heavy atom. The van der Waals surface area contributed by atoms with Gasteiger partial charge in [-0.2, -0.15) is 0 Å². The van der Waals surface area contributed by atoms with Gasteiger partial charge in [0.1, 0.15) is 10.0 Å². The van der Waals surface area contributed by atoms with Crippen molar-refractivity contribution >= 4 is 43.1 Å². The predicted molar refractivity (Wildman–Crippen MR) is 230 cm³/mol. The SMILES string of the molecule is CC1(C)c2cc3sc(-c4cc(-c5ccccn5)nc(-c5ccccn5)c4)nc3cc2-c2cc3nc(-c4cc(-c5ccccn5)nc(-c5ccccn5)c4)sc3cc21. The van der Waals surface area contributed by atoms with Gasteiger partial charge < -0.3 is 0 Å². The smallest absolute Gasteiger partial charge is 0.124 e. The maximum Gasteiger partial charge on any atom is 0.124 e. The highest BCUT2D eigenvalue weighted by atomic mass is 32.1. The standard InChI is InChI=1S/C47H30N8S2/c1-47(2)31-25-43-41(54-45(56-43)27-19-37(33-11-3-7-15-48-33)52-38(20-27)34-12-4-8-16-49-34)23-29(31)30-24-42-44(26-32(30)47)57-46(55-42)28-21-39(35-13-5-9-17-50-35)53-40(22-28)36-14-6-10-18-51-36/h3-26H,1-2H3. The number of hydrogen-bond acceptors (Lipinski definition) is 10. The maximum absolute atomic E-state index is 5.24. The third kappa shape index (κ3) is 5.80. The minimum atomic E-state index is -0.217. The summed E-state index contributed by atoms with van der Waals surface area (Å²) in [5, 5.41) is 1.85. The number of aromatic nitrogens is 8. The molecule has 0 unspecified atom stereocenters. The molecule has 0 bridgehead atoms. The predicted octanol–water partition coefficient (Wildman–Crippen LogP) is 11.6. The summed E-state index contributed by atoms with van der Waals surface area (Å²) in [6.07, 6.45) is 7.17. The van der Waals surface area contributed by atoms with Gasteiger partial charge in [0.2, 0.25) is 0 Å². The first-order valence-corrected chi connectivity index (χ1v) is 20.2. The Morgan fingerprint density at radius 3 is 1.05 bits per heavy atom. The maximum atomic E-state index is 5.24. The molecule has 10 heteroatoms. The second kappa shape index (κ2) is 13.1. The number of benzene rings is 2. The molecule has 1 aliphatic carbocycles. The molecule has 0 spiro atoms. The molecule has 0 amide bonds. The van der Waals surface area contributed by atoms with Gasteiger partial charge in [-0.25, -0.2) is 19.9 Å². The first-order chi connectivity index (χ1) is 27.9. The zero-order valence-electron chi connectivity index (χ0n) is 30.8. The number of fused-ring (bicyclic) bond motifs is 5. The van der Waals surface area contributed by atoms with Crippen LogP contribution in [0.15, 0.2) is 146 Å². The molecule has 0 radical (unpaired) electrons. The summed E-state index contributed by atoms with van der Waals surface area (Å²) >= 11 is 3.41. The van der Waals surface area contributed by atoms with Gasteiger partial charge in [-0.15, -0.1) is 22.7 Å². The summed E-state index contributed by atoms with van der Waals surface area (Å²) in [7, 11) is 0. The lowest BCUT2D eigenvalue weighted by Gasteiger charge is -2.21. The molecular weight excluding hydrogens is 741 g/mol. The molecule has 8 nitrogen and oxygen atoms in total. The molecule has 0 N–H and O–H groups in total. The lowest BCUT2D eigenvalue weighted by Crippen LogP contribution is -2.14. The number of nitrogens with zero attached hydrogens (tertiary/aromatic N) is 8. The summed E-state index contributed by atoms with van der Waals surface area (Å²) in [5.74, 6) is 0. The summed E-state index contributed by atoms with van der Waals surface area (Å²) in [5.41, 5.74) is 15.0. The molecule has 11 rings (SSSR count). The van der Waals surface area contributed by atoms with Crippen LogP contribution in [0.2, 0.25) is 0 Å². The lowest BCUT2D eigenvalue weighted by atomic mass is 9.82. The first kappa shape index (κ1) is 33.5. The van der Waals surface area contributed by atoms with E-state index in [0.29, 0.717) is 0 Å². The summed E-state index contributed by atoms with van der Waals surface area (Å²) in [6, 6.07) is 41.0. The van der Waals surface area contributed by atoms with Crippen LogP contribution in [0.3, 0.4) is 0 Å². The molecule has 8 aromatic heterocycles. The minimum absolute atomic E-state index is 0.217. The van der Waals surface area contributed by atoms with Gasteiger partial charge in [0.15, 0.2) is 0 Å². The van der Waals surface area contributed by atoms with Crippen LogP contribution in [0.25, 0.3) is 98.3 Å². The van der Waals surface area contributed by atoms with Gasteiger partial charge >= 0.3 is 0 Å². The van der Waals surface area contributed by atoms with Crippen LogP contribution in [0, 0.1) is 0 Å². The van der Waals surface area contributed by atoms with Crippen molar-refractivity contribution < 1.29 is 0 Å². The van der Waals surface area contributed by atoms with E-state index >= 15 is 0 Å². The molecule has 1 aliphatic rings. The fraction of sp³-hybridized carbons (Fsp3) is 0.0638. The second-order valence-electron chi connectivity index (χ2n) is 14.5. The van der Waals surface area contributed by atoms with Crippen LogP contribution in [0.4, 0.5) is 0 Å². The second-order valence-corrected chi connectivity index (χ2v) is 16.6. The Labute approximate surface area is 335 Å². The van der Waals surface area contributed by atoms with Crippen molar-refractivity contribution in [3.63, 3.8) is 0 Å². The topological polar surface area (TPSA) is 103 Å². The van der Waals surface area contributed by atoms with E-state index in [-0.39, 0.29) is 5.41 Å². The molecule has 2 aromatic carbocycles. The molecule has 0 atom stereocenters. The van der Waals surface area contributed by atoms with Crippen LogP contribution in [0.1, 0.15) is 25.0 Å². The van der Waals surface area contributed by atoms with Gasteiger partial charge in [0.05, 0.1) is 66.0 Å². The van der Waals surface area contributed by atoms with E-state index in [1.54, 1.807) is 47.5 Å². The quantitative estimate of drug-likeness (QED) is 0.165. The van der Waals surface area contributed by atoms with Crippen molar-refractivity contribution in [2.75, 3.05) is 0 Å². The van der Waals surface area contributed by atoms with Crippen LogP contribution in [0.5, 0.6) is 0 Å². The van der Waals surface area contributed by atoms with E-state index in [2.05, 4.69) is 82.3 Å². The fourth-order valence-corrected chi connectivity index (χ4v) is 9.66. The number of rotatable bonds is 6. The van der Waals surface area contributed by atoms with Crippen molar-refractivity contribution in [1.82, 2.24) is 39.9 Å². The average Bonchev–Trinajstić information content (AvgIpc) is 3.95.